The van der Waals surface area contributed by atoms with E-state index in [1.165, 1.54) is 24.4 Å². The van der Waals surface area contributed by atoms with E-state index >= 15 is 0 Å². The third-order valence-corrected chi connectivity index (χ3v) is 6.46. The van der Waals surface area contributed by atoms with E-state index in [2.05, 4.69) is 30.5 Å². The summed E-state index contributed by atoms with van der Waals surface area (Å²) in [4.78, 5) is 30.9. The summed E-state index contributed by atoms with van der Waals surface area (Å²) >= 11 is 0. The summed E-state index contributed by atoms with van der Waals surface area (Å²) in [7, 11) is 0. The lowest BCUT2D eigenvalue weighted by atomic mass is 9.97. The Balaban J connectivity index is 1.33. The maximum atomic E-state index is 12.4. The molecule has 1 aliphatic heterocycles. The first-order valence-electron chi connectivity index (χ1n) is 14.1. The molecule has 0 spiro atoms. The minimum absolute atomic E-state index is 0.00518. The summed E-state index contributed by atoms with van der Waals surface area (Å²) in [5.74, 6) is 5.05. The Morgan fingerprint density at radius 2 is 1.93 bits per heavy atom. The summed E-state index contributed by atoms with van der Waals surface area (Å²) in [5, 5.41) is 14.3. The number of carbonyl (C=O) groups excluding carboxylic acids is 2. The van der Waals surface area contributed by atoms with Gasteiger partial charge in [0.25, 0.3) is 5.91 Å². The van der Waals surface area contributed by atoms with Gasteiger partial charge in [0.2, 0.25) is 0 Å². The molecule has 3 N–H and O–H groups in total. The molecule has 43 heavy (non-hydrogen) atoms. The monoisotopic (exact) mass is 608 g/mol. The number of aryl methyl sites for hydroxylation is 1. The van der Waals surface area contributed by atoms with Gasteiger partial charge in [-0.15, -0.1) is 18.3 Å². The van der Waals surface area contributed by atoms with Crippen LogP contribution in [-0.2, 0) is 17.8 Å². The third kappa shape index (κ3) is 12.3. The maximum absolute atomic E-state index is 12.4. The second-order valence-corrected chi connectivity index (χ2v) is 11.2. The number of likely N-dealkylation sites (tertiary alicyclic amines) is 1. The van der Waals surface area contributed by atoms with Crippen molar-refractivity contribution in [3.63, 3.8) is 0 Å². The molecule has 0 unspecified atom stereocenters. The largest absolute Gasteiger partial charge is 0.573 e. The number of ether oxygens (including phenoxy) is 2. The fourth-order valence-electron chi connectivity index (χ4n) is 4.31. The number of rotatable bonds is 12. The molecular weight excluding hydrogens is 569 g/mol. The molecule has 1 aromatic heterocycles. The summed E-state index contributed by atoms with van der Waals surface area (Å²) in [5.41, 5.74) is 0.697. The van der Waals surface area contributed by atoms with Gasteiger partial charge in [0.15, 0.2) is 5.69 Å². The summed E-state index contributed by atoms with van der Waals surface area (Å²) in [6.45, 7) is 8.00. The molecule has 1 aliphatic rings. The molecule has 0 radical (unpaired) electrons. The van der Waals surface area contributed by atoms with Crippen LogP contribution < -0.4 is 15.9 Å². The van der Waals surface area contributed by atoms with Crippen LogP contribution in [0.1, 0.15) is 68.9 Å². The van der Waals surface area contributed by atoms with Crippen LogP contribution >= 0.6 is 0 Å². The Hall–Kier alpha value is -4.17. The normalized spacial score (nSPS) is 15.1. The number of nitrogens with one attached hydrogen (secondary N) is 1. The smallest absolute Gasteiger partial charge is 0.444 e. The number of nitrogens with two attached hydrogens (primary N) is 1. The number of aliphatic imine (C=N–C) groups is 1. The number of nitrogens with zero attached hydrogens (tertiary/aromatic N) is 6. The zero-order valence-electron chi connectivity index (χ0n) is 24.6. The lowest BCUT2D eigenvalue weighted by Crippen LogP contribution is -2.42. The van der Waals surface area contributed by atoms with Crippen LogP contribution in [0.3, 0.4) is 0 Å². The second-order valence-electron chi connectivity index (χ2n) is 11.2. The van der Waals surface area contributed by atoms with Crippen molar-refractivity contribution in [2.24, 2.45) is 21.9 Å². The SMILES string of the molecule is CC(C)(C)OC(=O)N1CCC(CN=CC(CCCCn2cc(C(=O)NCc3cccc(OC(F)(F)F)c3)nn2)=NN)CC1. The van der Waals surface area contributed by atoms with Crippen LogP contribution in [0, 0.1) is 5.92 Å². The number of hydrogen-bond acceptors (Lipinski definition) is 9. The first-order valence-corrected chi connectivity index (χ1v) is 14.1. The van der Waals surface area contributed by atoms with Gasteiger partial charge in [-0.3, -0.25) is 14.5 Å². The highest BCUT2D eigenvalue weighted by Crippen LogP contribution is 2.23. The van der Waals surface area contributed by atoms with Crippen LogP contribution in [0.25, 0.3) is 0 Å². The van der Waals surface area contributed by atoms with Crippen molar-refractivity contribution in [3.05, 3.63) is 41.7 Å². The van der Waals surface area contributed by atoms with Crippen LogP contribution in [-0.4, -0.2) is 75.4 Å². The quantitative estimate of drug-likeness (QED) is 0.158. The number of hydrogen-bond donors (Lipinski definition) is 2. The van der Waals surface area contributed by atoms with Gasteiger partial charge < -0.3 is 25.5 Å². The zero-order chi connectivity index (χ0) is 31.5. The van der Waals surface area contributed by atoms with E-state index in [9.17, 15) is 22.8 Å². The van der Waals surface area contributed by atoms with E-state index in [-0.39, 0.29) is 24.1 Å². The molecule has 0 atom stereocenters. The molecule has 2 aromatic rings. The molecule has 0 aliphatic carbocycles. The molecule has 0 saturated carbocycles. The third-order valence-electron chi connectivity index (χ3n) is 6.46. The number of unbranched alkanes of at least 4 members (excludes halogenated alkanes) is 1. The van der Waals surface area contributed by atoms with Gasteiger partial charge in [-0.2, -0.15) is 5.10 Å². The first-order chi connectivity index (χ1) is 20.3. The Labute approximate surface area is 248 Å². The van der Waals surface area contributed by atoms with Gasteiger partial charge in [0.1, 0.15) is 11.4 Å². The standard InChI is InChI=1S/C28H39F3N8O4/c1-27(2,3)43-26(41)38-13-10-20(11-14-38)16-33-18-22(35-32)8-4-5-12-39-19-24(36-37-39)25(40)34-17-21-7-6-9-23(15-21)42-28(29,30)31/h6-7,9,15,18-20H,4-5,8,10-14,16-17,32H2,1-3H3,(H,34,40). The lowest BCUT2D eigenvalue weighted by molar-refractivity contribution is -0.274. The lowest BCUT2D eigenvalue weighted by Gasteiger charge is -2.32. The predicted octanol–water partition coefficient (Wildman–Crippen LogP) is 4.31. The molecule has 1 saturated heterocycles. The van der Waals surface area contributed by atoms with Gasteiger partial charge in [0, 0.05) is 38.9 Å². The highest BCUT2D eigenvalue weighted by molar-refractivity contribution is 6.30. The van der Waals surface area contributed by atoms with Crippen molar-refractivity contribution >= 4 is 23.9 Å². The average molecular weight is 609 g/mol. The molecule has 2 heterocycles. The summed E-state index contributed by atoms with van der Waals surface area (Å²) in [6, 6.07) is 5.36. The number of piperidine rings is 1. The molecule has 12 nitrogen and oxygen atoms in total. The molecule has 236 valence electrons. The van der Waals surface area contributed by atoms with Crippen molar-refractivity contribution in [2.45, 2.75) is 77.9 Å². The number of aromatic nitrogens is 3. The van der Waals surface area contributed by atoms with Crippen LogP contribution in [0.4, 0.5) is 18.0 Å². The fraction of sp³-hybridized carbons (Fsp3) is 0.571. The highest BCUT2D eigenvalue weighted by Gasteiger charge is 2.31. The van der Waals surface area contributed by atoms with Crippen LogP contribution in [0.5, 0.6) is 5.75 Å². The van der Waals surface area contributed by atoms with Crippen molar-refractivity contribution in [3.8, 4) is 5.75 Å². The Morgan fingerprint density at radius 3 is 2.60 bits per heavy atom. The number of carbonyl (C=O) groups is 2. The second kappa shape index (κ2) is 15.3. The van der Waals surface area contributed by atoms with Gasteiger partial charge in [-0.25, -0.2) is 4.79 Å². The molecular formula is C28H39F3N8O4. The highest BCUT2D eigenvalue weighted by atomic mass is 19.4. The van der Waals surface area contributed by atoms with Crippen molar-refractivity contribution in [2.75, 3.05) is 19.6 Å². The van der Waals surface area contributed by atoms with Crippen molar-refractivity contribution in [1.29, 1.82) is 0 Å². The Morgan fingerprint density at radius 1 is 1.19 bits per heavy atom. The average Bonchev–Trinajstić information content (AvgIpc) is 3.41. The number of amides is 2. The molecule has 3 rings (SSSR count). The molecule has 0 bridgehead atoms. The Kier molecular flexibility index (Phi) is 11.9. The Bertz CT molecular complexity index is 1270. The predicted molar refractivity (Wildman–Crippen MR) is 154 cm³/mol. The van der Waals surface area contributed by atoms with E-state index in [0.717, 1.165) is 25.7 Å². The van der Waals surface area contributed by atoms with Crippen molar-refractivity contribution < 1.29 is 32.2 Å². The number of alkyl halides is 3. The molecule has 15 heteroatoms. The summed E-state index contributed by atoms with van der Waals surface area (Å²) in [6.07, 6.45) is 1.95. The maximum Gasteiger partial charge on any atom is 0.573 e. The van der Waals surface area contributed by atoms with E-state index < -0.39 is 17.9 Å². The molecule has 1 fully saturated rings. The van der Waals surface area contributed by atoms with Gasteiger partial charge in [-0.1, -0.05) is 17.3 Å². The topological polar surface area (TPSA) is 149 Å². The van der Waals surface area contributed by atoms with Gasteiger partial charge >= 0.3 is 12.5 Å². The minimum atomic E-state index is -4.79. The fourth-order valence-corrected chi connectivity index (χ4v) is 4.31. The van der Waals surface area contributed by atoms with E-state index in [0.29, 0.717) is 49.8 Å². The number of halogens is 3. The van der Waals surface area contributed by atoms with Crippen molar-refractivity contribution in [1.82, 2.24) is 25.2 Å². The molecule has 1 aromatic carbocycles. The van der Waals surface area contributed by atoms with Crippen LogP contribution in [0.15, 0.2) is 40.6 Å². The summed E-state index contributed by atoms with van der Waals surface area (Å²) < 4.78 is 48.1. The number of benzene rings is 1. The van der Waals surface area contributed by atoms with Crippen LogP contribution in [0.2, 0.25) is 0 Å². The minimum Gasteiger partial charge on any atom is -0.444 e. The van der Waals surface area contributed by atoms with E-state index in [1.54, 1.807) is 21.9 Å². The van der Waals surface area contributed by atoms with E-state index in [1.807, 2.05) is 20.8 Å². The number of hydrazone groups is 1. The van der Waals surface area contributed by atoms with E-state index in [4.69, 9.17) is 10.6 Å². The van der Waals surface area contributed by atoms with Gasteiger partial charge in [-0.05, 0) is 76.5 Å². The molecule has 2 amide bonds. The first kappa shape index (κ1) is 33.3. The zero-order valence-corrected chi connectivity index (χ0v) is 24.6. The van der Waals surface area contributed by atoms with Gasteiger partial charge in [0.05, 0.1) is 11.9 Å².